The van der Waals surface area contributed by atoms with Gasteiger partial charge in [0.1, 0.15) is 6.04 Å². The highest BCUT2D eigenvalue weighted by Crippen LogP contribution is 2.53. The van der Waals surface area contributed by atoms with Crippen LogP contribution in [-0.4, -0.2) is 36.0 Å². The zero-order chi connectivity index (χ0) is 16.7. The molecule has 2 saturated heterocycles. The second-order valence-electron chi connectivity index (χ2n) is 7.43. The quantitative estimate of drug-likeness (QED) is 0.570. The molecule has 1 spiro atoms. The third-order valence-electron chi connectivity index (χ3n) is 5.81. The lowest BCUT2D eigenvalue weighted by molar-refractivity contribution is -0.132. The zero-order valence-corrected chi connectivity index (χ0v) is 13.9. The minimum Gasteiger partial charge on any atom is -0.341 e. The van der Waals surface area contributed by atoms with Gasteiger partial charge in [-0.15, -0.1) is 0 Å². The number of hydrogen-bond donors (Lipinski definition) is 3. The molecule has 0 bridgehead atoms. The van der Waals surface area contributed by atoms with Crippen molar-refractivity contribution in [1.29, 1.82) is 5.26 Å². The highest BCUT2D eigenvalue weighted by Gasteiger charge is 2.58. The lowest BCUT2D eigenvalue weighted by Gasteiger charge is -2.20. The second kappa shape index (κ2) is 5.76. The predicted molar refractivity (Wildman–Crippen MR) is 89.4 cm³/mol. The van der Waals surface area contributed by atoms with Gasteiger partial charge in [0.05, 0.1) is 0 Å². The summed E-state index contributed by atoms with van der Waals surface area (Å²) in [5, 5.41) is 11.6. The number of rotatable bonds is 3. The van der Waals surface area contributed by atoms with E-state index >= 15 is 0 Å². The maximum absolute atomic E-state index is 12.8. The van der Waals surface area contributed by atoms with E-state index in [9.17, 15) is 4.79 Å². The average molecular weight is 325 g/mol. The van der Waals surface area contributed by atoms with Gasteiger partial charge in [0.2, 0.25) is 5.91 Å². The van der Waals surface area contributed by atoms with Crippen LogP contribution in [-0.2, 0) is 4.79 Å². The molecule has 2 aliphatic heterocycles. The molecule has 6 nitrogen and oxygen atoms in total. The molecule has 1 aromatic rings. The number of nitrogens with one attached hydrogen (secondary N) is 3. The summed E-state index contributed by atoms with van der Waals surface area (Å²) in [5.74, 6) is 0.177. The molecule has 3 aliphatic rings. The first-order valence-corrected chi connectivity index (χ1v) is 8.62. The fourth-order valence-corrected chi connectivity index (χ4v) is 4.12. The van der Waals surface area contributed by atoms with Gasteiger partial charge in [0.25, 0.3) is 0 Å². The maximum Gasteiger partial charge on any atom is 0.241 e. The molecule has 1 aliphatic carbocycles. The molecule has 6 heteroatoms. The Morgan fingerprint density at radius 3 is 2.92 bits per heavy atom. The van der Waals surface area contributed by atoms with Gasteiger partial charge in [-0.3, -0.25) is 4.79 Å². The average Bonchev–Trinajstić information content (AvgIpc) is 2.97. The third kappa shape index (κ3) is 2.64. The van der Waals surface area contributed by atoms with E-state index in [4.69, 9.17) is 5.26 Å². The van der Waals surface area contributed by atoms with E-state index in [2.05, 4.69) is 47.4 Å². The van der Waals surface area contributed by atoms with E-state index in [1.807, 2.05) is 11.1 Å². The van der Waals surface area contributed by atoms with Crippen molar-refractivity contribution in [3.05, 3.63) is 35.4 Å². The first-order valence-electron chi connectivity index (χ1n) is 8.62. The number of likely N-dealkylation sites (tertiary alicyclic amines) is 1. The van der Waals surface area contributed by atoms with Gasteiger partial charge in [-0.05, 0) is 31.7 Å². The highest BCUT2D eigenvalue weighted by atomic mass is 16.2. The summed E-state index contributed by atoms with van der Waals surface area (Å²) in [7, 11) is 0. The van der Waals surface area contributed by atoms with Crippen LogP contribution < -0.4 is 16.2 Å². The number of nitrogens with zero attached hydrogens (tertiary/aromatic N) is 2. The summed E-state index contributed by atoms with van der Waals surface area (Å²) in [6.07, 6.45) is 4.81. The minimum absolute atomic E-state index is 0.147. The van der Waals surface area contributed by atoms with Gasteiger partial charge < -0.3 is 10.2 Å². The molecule has 0 aromatic heterocycles. The second-order valence-corrected chi connectivity index (χ2v) is 7.43. The van der Waals surface area contributed by atoms with E-state index in [1.54, 1.807) is 0 Å². The zero-order valence-electron chi connectivity index (χ0n) is 13.9. The topological polar surface area (TPSA) is 80.2 Å². The van der Waals surface area contributed by atoms with E-state index in [0.717, 1.165) is 32.4 Å². The van der Waals surface area contributed by atoms with Gasteiger partial charge in [-0.2, -0.15) is 5.26 Å². The number of carbonyl (C=O) groups is 1. The van der Waals surface area contributed by atoms with Gasteiger partial charge in [-0.25, -0.2) is 10.9 Å². The van der Waals surface area contributed by atoms with Crippen molar-refractivity contribution in [2.45, 2.75) is 44.3 Å². The number of hydrazine groups is 1. The van der Waals surface area contributed by atoms with Gasteiger partial charge in [0.15, 0.2) is 6.19 Å². The van der Waals surface area contributed by atoms with Crippen LogP contribution >= 0.6 is 0 Å². The van der Waals surface area contributed by atoms with Crippen molar-refractivity contribution in [2.24, 2.45) is 5.41 Å². The fraction of sp³-hybridized carbons (Fsp3) is 0.556. The van der Waals surface area contributed by atoms with Crippen LogP contribution in [0.4, 0.5) is 0 Å². The first-order chi connectivity index (χ1) is 11.6. The van der Waals surface area contributed by atoms with Crippen molar-refractivity contribution in [3.63, 3.8) is 0 Å². The summed E-state index contributed by atoms with van der Waals surface area (Å²) >= 11 is 0. The summed E-state index contributed by atoms with van der Waals surface area (Å²) in [6.45, 7) is 3.65. The Kier molecular flexibility index (Phi) is 3.70. The van der Waals surface area contributed by atoms with Crippen molar-refractivity contribution < 1.29 is 4.79 Å². The Bertz CT molecular complexity index is 682. The summed E-state index contributed by atoms with van der Waals surface area (Å²) in [6, 6.07) is 8.70. The lowest BCUT2D eigenvalue weighted by atomic mass is 10.0. The minimum atomic E-state index is -0.174. The van der Waals surface area contributed by atoms with Crippen LogP contribution in [0.2, 0.25) is 0 Å². The first kappa shape index (κ1) is 15.4. The molecule has 0 radical (unpaired) electrons. The van der Waals surface area contributed by atoms with E-state index in [-0.39, 0.29) is 29.4 Å². The molecule has 1 saturated carbocycles. The van der Waals surface area contributed by atoms with Crippen LogP contribution in [0.15, 0.2) is 24.3 Å². The molecule has 2 heterocycles. The van der Waals surface area contributed by atoms with Crippen LogP contribution in [0.3, 0.4) is 0 Å². The summed E-state index contributed by atoms with van der Waals surface area (Å²) in [4.78, 5) is 14.8. The molecular formula is C18H23N5O. The van der Waals surface area contributed by atoms with Crippen molar-refractivity contribution in [3.8, 4) is 6.19 Å². The van der Waals surface area contributed by atoms with Crippen LogP contribution in [0.25, 0.3) is 0 Å². The Balaban J connectivity index is 1.35. The third-order valence-corrected chi connectivity index (χ3v) is 5.81. The standard InChI is InChI=1S/C18H23N5O/c1-12-2-4-13(5-3-12)14-8-15(22-21-14)17(24)23-7-6-18(10-23)9-16(18)20-11-19/h2-5,14-16,20-22H,6-10H2,1H3/t14?,15?,16?,18-/m1/s1. The molecule has 4 atom stereocenters. The molecule has 1 aromatic carbocycles. The molecule has 24 heavy (non-hydrogen) atoms. The number of hydrogen-bond acceptors (Lipinski definition) is 5. The molecule has 3 N–H and O–H groups in total. The smallest absolute Gasteiger partial charge is 0.241 e. The number of aryl methyl sites for hydroxylation is 1. The molecular weight excluding hydrogens is 302 g/mol. The monoisotopic (exact) mass is 325 g/mol. The number of nitriles is 1. The van der Waals surface area contributed by atoms with Crippen molar-refractivity contribution >= 4 is 5.91 Å². The molecule has 1 amide bonds. The summed E-state index contributed by atoms with van der Waals surface area (Å²) < 4.78 is 0. The molecule has 4 rings (SSSR count). The number of amides is 1. The highest BCUT2D eigenvalue weighted by molar-refractivity contribution is 5.82. The maximum atomic E-state index is 12.8. The Hall–Kier alpha value is -2.10. The number of benzene rings is 1. The summed E-state index contributed by atoms with van der Waals surface area (Å²) in [5.41, 5.74) is 9.03. The van der Waals surface area contributed by atoms with Crippen LogP contribution in [0.1, 0.15) is 36.4 Å². The van der Waals surface area contributed by atoms with Crippen LogP contribution in [0.5, 0.6) is 0 Å². The SMILES string of the molecule is Cc1ccc(C2CC(C(=O)N3CC[C@@]4(CC4NC#N)C3)NN2)cc1. The fourth-order valence-electron chi connectivity index (χ4n) is 4.12. The molecule has 3 fully saturated rings. The van der Waals surface area contributed by atoms with Crippen molar-refractivity contribution in [1.82, 2.24) is 21.1 Å². The van der Waals surface area contributed by atoms with E-state index in [0.29, 0.717) is 0 Å². The normalized spacial score (nSPS) is 34.3. The van der Waals surface area contributed by atoms with E-state index in [1.165, 1.54) is 11.1 Å². The lowest BCUT2D eigenvalue weighted by Crippen LogP contribution is -2.45. The molecule has 3 unspecified atom stereocenters. The van der Waals surface area contributed by atoms with Gasteiger partial charge >= 0.3 is 0 Å². The van der Waals surface area contributed by atoms with E-state index < -0.39 is 0 Å². The van der Waals surface area contributed by atoms with Crippen molar-refractivity contribution in [2.75, 3.05) is 13.1 Å². The largest absolute Gasteiger partial charge is 0.341 e. The Morgan fingerprint density at radius 2 is 2.17 bits per heavy atom. The molecule has 126 valence electrons. The number of carbonyl (C=O) groups excluding carboxylic acids is 1. The van der Waals surface area contributed by atoms with Gasteiger partial charge in [-0.1, -0.05) is 29.8 Å². The Labute approximate surface area is 142 Å². The van der Waals surface area contributed by atoms with Crippen LogP contribution in [0, 0.1) is 23.8 Å². The predicted octanol–water partition coefficient (Wildman–Crippen LogP) is 0.964. The van der Waals surface area contributed by atoms with Gasteiger partial charge in [0, 0.05) is 30.6 Å². The Morgan fingerprint density at radius 1 is 1.38 bits per heavy atom.